The highest BCUT2D eigenvalue weighted by Crippen LogP contribution is 2.27. The predicted octanol–water partition coefficient (Wildman–Crippen LogP) is 1.91. The molecule has 1 fully saturated rings. The summed E-state index contributed by atoms with van der Waals surface area (Å²) in [6.45, 7) is 9.95. The second-order valence-electron chi connectivity index (χ2n) is 12.8. The largest absolute Gasteiger partial charge is 0.496 e. The maximum absolute atomic E-state index is 12.2. The number of benzene rings is 1. The number of methoxy groups -OCH3 is 1. The van der Waals surface area contributed by atoms with Gasteiger partial charge >= 0.3 is 11.9 Å². The number of piperazine rings is 1. The van der Waals surface area contributed by atoms with Crippen LogP contribution >= 0.6 is 11.8 Å². The van der Waals surface area contributed by atoms with Crippen molar-refractivity contribution in [2.24, 2.45) is 5.73 Å². The van der Waals surface area contributed by atoms with Gasteiger partial charge in [-0.2, -0.15) is 4.98 Å². The topological polar surface area (TPSA) is 223 Å². The zero-order valence-electron chi connectivity index (χ0n) is 30.1. The molecule has 8 N–H and O–H groups in total. The van der Waals surface area contributed by atoms with E-state index in [1.54, 1.807) is 7.11 Å². The number of nitrogens with two attached hydrogens (primary N) is 2. The number of nitrogen functional groups attached to an aromatic ring is 1. The fraction of sp³-hybridized carbons (Fsp3) is 0.571. The van der Waals surface area contributed by atoms with Crippen LogP contribution in [0.5, 0.6) is 5.75 Å². The van der Waals surface area contributed by atoms with Crippen molar-refractivity contribution in [3.05, 3.63) is 41.6 Å². The van der Waals surface area contributed by atoms with Gasteiger partial charge in [-0.05, 0) is 24.1 Å². The molecule has 0 bridgehead atoms. The molecule has 1 aliphatic heterocycles. The SMILES string of the molecule is CCCCCNc1nc(N)nc2ccn(Cc3ccc(CN4CCN(CCOCCNC(=O)CC(SCC(N)C(=O)O)C(=O)O)CC4)cc3OC)c12. The molecule has 0 radical (unpaired) electrons. The number of hydrogen-bond donors (Lipinski definition) is 6. The van der Waals surface area contributed by atoms with Gasteiger partial charge in [0, 0.05) is 76.3 Å². The number of unbranched alkanes of at least 4 members (excludes halogenated alkanes) is 2. The number of carboxylic acid groups (broad SMARTS) is 2. The highest BCUT2D eigenvalue weighted by molar-refractivity contribution is 8.00. The zero-order valence-corrected chi connectivity index (χ0v) is 30.9. The molecule has 1 aromatic carbocycles. The number of hydrogen-bond acceptors (Lipinski definition) is 13. The predicted molar refractivity (Wildman–Crippen MR) is 202 cm³/mol. The first-order chi connectivity index (χ1) is 25.1. The van der Waals surface area contributed by atoms with Crippen LogP contribution in [0.1, 0.15) is 43.7 Å². The molecular formula is C35H53N9O7S. The number of anilines is 2. The maximum Gasteiger partial charge on any atom is 0.321 e. The van der Waals surface area contributed by atoms with Gasteiger partial charge in [-0.3, -0.25) is 24.2 Å². The molecule has 3 heterocycles. The van der Waals surface area contributed by atoms with Gasteiger partial charge in [0.1, 0.15) is 22.6 Å². The van der Waals surface area contributed by atoms with Crippen molar-refractivity contribution < 1.29 is 34.1 Å². The molecule has 1 saturated heterocycles. The van der Waals surface area contributed by atoms with Crippen molar-refractivity contribution in [2.45, 2.75) is 57.0 Å². The van der Waals surface area contributed by atoms with Gasteiger partial charge in [-0.25, -0.2) is 4.98 Å². The lowest BCUT2D eigenvalue weighted by molar-refractivity contribution is -0.139. The van der Waals surface area contributed by atoms with E-state index >= 15 is 0 Å². The Kier molecular flexibility index (Phi) is 16.2. The third kappa shape index (κ3) is 12.5. The highest BCUT2D eigenvalue weighted by Gasteiger charge is 2.24. The first-order valence-corrected chi connectivity index (χ1v) is 18.8. The molecule has 4 rings (SSSR count). The van der Waals surface area contributed by atoms with Crippen molar-refractivity contribution >= 4 is 52.4 Å². The summed E-state index contributed by atoms with van der Waals surface area (Å²) in [7, 11) is 1.70. The van der Waals surface area contributed by atoms with E-state index in [1.165, 1.54) is 5.56 Å². The molecule has 286 valence electrons. The fourth-order valence-electron chi connectivity index (χ4n) is 5.90. The monoisotopic (exact) mass is 743 g/mol. The van der Waals surface area contributed by atoms with Crippen LogP contribution in [0.15, 0.2) is 30.5 Å². The van der Waals surface area contributed by atoms with Crippen LogP contribution in [0.3, 0.4) is 0 Å². The Bertz CT molecular complexity index is 1620. The maximum atomic E-state index is 12.2. The van der Waals surface area contributed by atoms with E-state index in [2.05, 4.69) is 60.1 Å². The Morgan fingerprint density at radius 1 is 1.00 bits per heavy atom. The van der Waals surface area contributed by atoms with Crippen LogP contribution in [0.25, 0.3) is 11.0 Å². The van der Waals surface area contributed by atoms with Gasteiger partial charge in [-0.1, -0.05) is 31.9 Å². The normalized spacial score (nSPS) is 15.0. The molecule has 17 heteroatoms. The van der Waals surface area contributed by atoms with E-state index in [4.69, 9.17) is 26.0 Å². The van der Waals surface area contributed by atoms with Gasteiger partial charge < -0.3 is 46.4 Å². The van der Waals surface area contributed by atoms with Crippen LogP contribution in [-0.4, -0.2) is 136 Å². The Morgan fingerprint density at radius 2 is 1.77 bits per heavy atom. The van der Waals surface area contributed by atoms with Crippen molar-refractivity contribution in [1.82, 2.24) is 29.7 Å². The van der Waals surface area contributed by atoms with E-state index in [9.17, 15) is 19.5 Å². The summed E-state index contributed by atoms with van der Waals surface area (Å²) < 4.78 is 13.7. The third-order valence-corrected chi connectivity index (χ3v) is 10.1. The zero-order chi connectivity index (χ0) is 37.5. The number of rotatable bonds is 23. The summed E-state index contributed by atoms with van der Waals surface area (Å²) in [5, 5.41) is 23.2. The number of carbonyl (C=O) groups is 3. The van der Waals surface area contributed by atoms with Crippen LogP contribution in [0.4, 0.5) is 11.8 Å². The van der Waals surface area contributed by atoms with Gasteiger partial charge in [0.15, 0.2) is 5.82 Å². The minimum Gasteiger partial charge on any atom is -0.496 e. The minimum absolute atomic E-state index is 0.0989. The lowest BCUT2D eigenvalue weighted by Gasteiger charge is -2.34. The number of aliphatic carboxylic acids is 2. The summed E-state index contributed by atoms with van der Waals surface area (Å²) >= 11 is 0.843. The van der Waals surface area contributed by atoms with E-state index in [-0.39, 0.29) is 24.7 Å². The number of aromatic nitrogens is 3. The van der Waals surface area contributed by atoms with Gasteiger partial charge in [0.25, 0.3) is 0 Å². The second kappa shape index (κ2) is 20.8. The molecule has 16 nitrogen and oxygen atoms in total. The van der Waals surface area contributed by atoms with E-state index in [0.717, 1.165) is 105 Å². The van der Waals surface area contributed by atoms with E-state index in [1.807, 2.05) is 12.3 Å². The minimum atomic E-state index is -1.22. The number of amides is 1. The number of thioether (sulfide) groups is 1. The standard InChI is InChI=1S/C35H53N9O7S/c1-3-4-5-9-39-32-31-27(40-35(37)41-32)8-11-44(31)22-25-7-6-24(19-28(25)50-2)21-43-14-12-42(13-15-43)16-18-51-17-10-38-30(45)20-29(34(48)49)52-23-26(36)33(46)47/h6-8,11,19,26,29H,3-5,9-10,12-18,20-23,36H2,1-2H3,(H,38,45)(H,46,47)(H,48,49)(H3,37,39,40,41). The summed E-state index contributed by atoms with van der Waals surface area (Å²) in [6.07, 6.45) is 5.09. The molecule has 0 spiro atoms. The molecule has 0 saturated carbocycles. The molecule has 2 unspecified atom stereocenters. The summed E-state index contributed by atoms with van der Waals surface area (Å²) in [6, 6.07) is 7.19. The molecule has 1 amide bonds. The van der Waals surface area contributed by atoms with Crippen molar-refractivity contribution in [2.75, 3.05) is 82.9 Å². The molecule has 0 aliphatic carbocycles. The third-order valence-electron chi connectivity index (χ3n) is 8.82. The summed E-state index contributed by atoms with van der Waals surface area (Å²) in [5.74, 6) is -1.11. The first kappa shape index (κ1) is 40.6. The van der Waals surface area contributed by atoms with E-state index in [0.29, 0.717) is 19.8 Å². The van der Waals surface area contributed by atoms with Crippen molar-refractivity contribution in [3.8, 4) is 5.75 Å². The molecular weight excluding hydrogens is 691 g/mol. The molecule has 2 aromatic heterocycles. The van der Waals surface area contributed by atoms with Crippen molar-refractivity contribution in [1.29, 1.82) is 0 Å². The Labute approximate surface area is 308 Å². The van der Waals surface area contributed by atoms with E-state index < -0.39 is 29.1 Å². The number of fused-ring (bicyclic) bond motifs is 1. The van der Waals surface area contributed by atoms with Crippen LogP contribution in [-0.2, 0) is 32.2 Å². The lowest BCUT2D eigenvalue weighted by Crippen LogP contribution is -2.46. The molecule has 1 aliphatic rings. The quantitative estimate of drug-likeness (QED) is 0.0764. The van der Waals surface area contributed by atoms with Crippen LogP contribution < -0.4 is 26.8 Å². The lowest BCUT2D eigenvalue weighted by atomic mass is 10.1. The average molecular weight is 744 g/mol. The number of ether oxygens (including phenoxy) is 2. The first-order valence-electron chi connectivity index (χ1n) is 17.7. The second-order valence-corrected chi connectivity index (χ2v) is 14.0. The van der Waals surface area contributed by atoms with Gasteiger partial charge in [-0.15, -0.1) is 11.8 Å². The molecule has 52 heavy (non-hydrogen) atoms. The van der Waals surface area contributed by atoms with Gasteiger partial charge in [0.2, 0.25) is 11.9 Å². The fourth-order valence-corrected chi connectivity index (χ4v) is 6.89. The number of carbonyl (C=O) groups excluding carboxylic acids is 1. The summed E-state index contributed by atoms with van der Waals surface area (Å²) in [5.41, 5.74) is 15.4. The number of nitrogens with one attached hydrogen (secondary N) is 2. The summed E-state index contributed by atoms with van der Waals surface area (Å²) in [4.78, 5) is 48.2. The highest BCUT2D eigenvalue weighted by atomic mass is 32.2. The number of carboxylic acids is 2. The van der Waals surface area contributed by atoms with Crippen LogP contribution in [0, 0.1) is 0 Å². The smallest absolute Gasteiger partial charge is 0.321 e. The Morgan fingerprint density at radius 3 is 2.48 bits per heavy atom. The van der Waals surface area contributed by atoms with Crippen molar-refractivity contribution in [3.63, 3.8) is 0 Å². The Hall–Kier alpha value is -4.16. The molecule has 3 aromatic rings. The average Bonchev–Trinajstić information content (AvgIpc) is 3.52. The van der Waals surface area contributed by atoms with Gasteiger partial charge in [0.05, 0.1) is 32.4 Å². The van der Waals surface area contributed by atoms with Crippen LogP contribution in [0.2, 0.25) is 0 Å². The number of nitrogens with zero attached hydrogens (tertiary/aromatic N) is 5. The Balaban J connectivity index is 1.17. The molecule has 2 atom stereocenters.